The van der Waals surface area contributed by atoms with Gasteiger partial charge in [0.25, 0.3) is 6.01 Å². The molecule has 2 N–H and O–H groups in total. The van der Waals surface area contributed by atoms with Crippen molar-refractivity contribution in [3.8, 4) is 0 Å². The maximum atomic E-state index is 5.43. The maximum Gasteiger partial charge on any atom is 0.299 e. The number of hydrogen-bond acceptors (Lipinski definition) is 4. The molecule has 0 aliphatic carbocycles. The van der Waals surface area contributed by atoms with Crippen molar-refractivity contribution < 1.29 is 4.42 Å². The molecule has 4 heteroatoms. The molecular formula is C8H13N3O. The van der Waals surface area contributed by atoms with Crippen molar-refractivity contribution in [2.75, 3.05) is 23.7 Å². The summed E-state index contributed by atoms with van der Waals surface area (Å²) < 4.78 is 5.22. The normalized spacial score (nSPS) is 18.2. The third-order valence-electron chi connectivity index (χ3n) is 2.14. The summed E-state index contributed by atoms with van der Waals surface area (Å²) in [5.41, 5.74) is 5.43. The number of nitrogen functional groups attached to an aromatic ring is 1. The highest BCUT2D eigenvalue weighted by molar-refractivity contribution is 5.33. The van der Waals surface area contributed by atoms with Crippen LogP contribution in [0.2, 0.25) is 0 Å². The summed E-state index contributed by atoms with van der Waals surface area (Å²) in [4.78, 5) is 6.21. The lowest BCUT2D eigenvalue weighted by Crippen LogP contribution is -2.29. The number of piperidine rings is 1. The van der Waals surface area contributed by atoms with Crippen LogP contribution in [-0.2, 0) is 0 Å². The Labute approximate surface area is 71.4 Å². The molecule has 0 amide bonds. The molecule has 2 rings (SSSR count). The van der Waals surface area contributed by atoms with Gasteiger partial charge in [-0.3, -0.25) is 0 Å². The van der Waals surface area contributed by atoms with Crippen LogP contribution in [0, 0.1) is 0 Å². The molecule has 66 valence electrons. The number of nitrogens with two attached hydrogens (primary N) is 1. The SMILES string of the molecule is Nc1cnc(N2CCCCC2)o1. The Balaban J connectivity index is 2.08. The topological polar surface area (TPSA) is 55.3 Å². The van der Waals surface area contributed by atoms with Crippen molar-refractivity contribution in [3.05, 3.63) is 6.20 Å². The molecule has 0 bridgehead atoms. The van der Waals surface area contributed by atoms with E-state index in [1.165, 1.54) is 19.3 Å². The Kier molecular flexibility index (Phi) is 1.89. The number of anilines is 2. The Morgan fingerprint density at radius 2 is 2.08 bits per heavy atom. The maximum absolute atomic E-state index is 5.43. The van der Waals surface area contributed by atoms with E-state index in [1.54, 1.807) is 6.20 Å². The molecule has 2 heterocycles. The molecule has 1 aliphatic heterocycles. The lowest BCUT2D eigenvalue weighted by Gasteiger charge is -2.24. The minimum Gasteiger partial charge on any atom is -0.408 e. The van der Waals surface area contributed by atoms with Crippen molar-refractivity contribution in [3.63, 3.8) is 0 Å². The largest absolute Gasteiger partial charge is 0.408 e. The zero-order chi connectivity index (χ0) is 8.39. The molecule has 12 heavy (non-hydrogen) atoms. The van der Waals surface area contributed by atoms with Crippen LogP contribution < -0.4 is 10.6 Å². The van der Waals surface area contributed by atoms with Crippen LogP contribution in [0.3, 0.4) is 0 Å². The van der Waals surface area contributed by atoms with Crippen LogP contribution in [0.5, 0.6) is 0 Å². The van der Waals surface area contributed by atoms with E-state index in [-0.39, 0.29) is 0 Å². The molecule has 0 spiro atoms. The predicted molar refractivity (Wildman–Crippen MR) is 47.0 cm³/mol. The van der Waals surface area contributed by atoms with Gasteiger partial charge in [-0.15, -0.1) is 0 Å². The number of hydrogen-bond donors (Lipinski definition) is 1. The van der Waals surface area contributed by atoms with Gasteiger partial charge in [-0.25, -0.2) is 0 Å². The van der Waals surface area contributed by atoms with Gasteiger partial charge < -0.3 is 15.1 Å². The second-order valence-corrected chi connectivity index (χ2v) is 3.09. The first kappa shape index (κ1) is 7.46. The Bertz CT molecular complexity index is 253. The van der Waals surface area contributed by atoms with Crippen molar-refractivity contribution in [2.45, 2.75) is 19.3 Å². The number of aromatic nitrogens is 1. The summed E-state index contributed by atoms with van der Waals surface area (Å²) in [7, 11) is 0. The molecule has 1 fully saturated rings. The highest BCUT2D eigenvalue weighted by atomic mass is 16.4. The quantitative estimate of drug-likeness (QED) is 0.683. The monoisotopic (exact) mass is 167 g/mol. The summed E-state index contributed by atoms with van der Waals surface area (Å²) >= 11 is 0. The first-order valence-corrected chi connectivity index (χ1v) is 4.32. The number of oxazole rings is 1. The van der Waals surface area contributed by atoms with E-state index in [9.17, 15) is 0 Å². The molecule has 1 saturated heterocycles. The van der Waals surface area contributed by atoms with Crippen molar-refractivity contribution >= 4 is 11.9 Å². The predicted octanol–water partition coefficient (Wildman–Crippen LogP) is 1.25. The van der Waals surface area contributed by atoms with Crippen LogP contribution in [0.25, 0.3) is 0 Å². The van der Waals surface area contributed by atoms with Crippen molar-refractivity contribution in [1.29, 1.82) is 0 Å². The van der Waals surface area contributed by atoms with Gasteiger partial charge >= 0.3 is 0 Å². The number of nitrogens with zero attached hydrogens (tertiary/aromatic N) is 2. The van der Waals surface area contributed by atoms with Gasteiger partial charge in [0, 0.05) is 13.1 Å². The summed E-state index contributed by atoms with van der Waals surface area (Å²) in [5, 5.41) is 0. The summed E-state index contributed by atoms with van der Waals surface area (Å²) in [6.45, 7) is 2.08. The third kappa shape index (κ3) is 1.37. The van der Waals surface area contributed by atoms with E-state index >= 15 is 0 Å². The molecule has 0 atom stereocenters. The minimum atomic E-state index is 0.399. The van der Waals surface area contributed by atoms with Crippen LogP contribution in [-0.4, -0.2) is 18.1 Å². The van der Waals surface area contributed by atoms with Gasteiger partial charge in [0.15, 0.2) is 0 Å². The molecule has 0 saturated carbocycles. The zero-order valence-electron chi connectivity index (χ0n) is 6.99. The van der Waals surface area contributed by atoms with Crippen molar-refractivity contribution in [1.82, 2.24) is 4.98 Å². The van der Waals surface area contributed by atoms with E-state index in [2.05, 4.69) is 9.88 Å². The molecule has 0 radical (unpaired) electrons. The van der Waals surface area contributed by atoms with Crippen LogP contribution in [0.15, 0.2) is 10.6 Å². The van der Waals surface area contributed by atoms with Crippen LogP contribution in [0.4, 0.5) is 11.9 Å². The first-order chi connectivity index (χ1) is 5.86. The third-order valence-corrected chi connectivity index (χ3v) is 2.14. The molecule has 1 aromatic rings. The van der Waals surface area contributed by atoms with Gasteiger partial charge in [-0.1, -0.05) is 0 Å². The fourth-order valence-electron chi connectivity index (χ4n) is 1.51. The minimum absolute atomic E-state index is 0.399. The Morgan fingerprint density at radius 1 is 1.33 bits per heavy atom. The molecule has 4 nitrogen and oxygen atoms in total. The summed E-state index contributed by atoms with van der Waals surface area (Å²) in [6.07, 6.45) is 5.32. The highest BCUT2D eigenvalue weighted by Crippen LogP contribution is 2.19. The summed E-state index contributed by atoms with van der Waals surface area (Å²) in [6, 6.07) is 0.673. The fourth-order valence-corrected chi connectivity index (χ4v) is 1.51. The molecule has 1 aromatic heterocycles. The van der Waals surface area contributed by atoms with Crippen LogP contribution in [0.1, 0.15) is 19.3 Å². The average Bonchev–Trinajstić information content (AvgIpc) is 2.54. The van der Waals surface area contributed by atoms with Gasteiger partial charge in [0.1, 0.15) is 0 Å². The van der Waals surface area contributed by atoms with Gasteiger partial charge in [-0.2, -0.15) is 4.98 Å². The lowest BCUT2D eigenvalue weighted by molar-refractivity contribution is 0.500. The molecule has 1 aliphatic rings. The van der Waals surface area contributed by atoms with Gasteiger partial charge in [-0.05, 0) is 19.3 Å². The van der Waals surface area contributed by atoms with E-state index in [4.69, 9.17) is 10.2 Å². The Hall–Kier alpha value is -1.19. The Morgan fingerprint density at radius 3 is 2.67 bits per heavy atom. The van der Waals surface area contributed by atoms with E-state index in [1.807, 2.05) is 0 Å². The molecule has 0 unspecified atom stereocenters. The molecular weight excluding hydrogens is 154 g/mol. The number of rotatable bonds is 1. The second-order valence-electron chi connectivity index (χ2n) is 3.09. The van der Waals surface area contributed by atoms with E-state index < -0.39 is 0 Å². The smallest absolute Gasteiger partial charge is 0.299 e. The van der Waals surface area contributed by atoms with E-state index in [0.717, 1.165) is 13.1 Å². The van der Waals surface area contributed by atoms with Crippen molar-refractivity contribution in [2.24, 2.45) is 0 Å². The lowest BCUT2D eigenvalue weighted by atomic mass is 10.1. The van der Waals surface area contributed by atoms with Crippen LogP contribution >= 0.6 is 0 Å². The summed E-state index contributed by atoms with van der Waals surface area (Å²) in [5.74, 6) is 0.399. The van der Waals surface area contributed by atoms with E-state index in [0.29, 0.717) is 11.9 Å². The standard InChI is InChI=1S/C8H13N3O/c9-7-6-10-8(12-7)11-4-2-1-3-5-11/h6H,1-5,9H2. The van der Waals surface area contributed by atoms with Gasteiger partial charge in [0.2, 0.25) is 5.88 Å². The average molecular weight is 167 g/mol. The zero-order valence-corrected chi connectivity index (χ0v) is 6.99. The molecule has 0 aromatic carbocycles. The van der Waals surface area contributed by atoms with Gasteiger partial charge in [0.05, 0.1) is 6.20 Å². The fraction of sp³-hybridized carbons (Fsp3) is 0.625. The second kappa shape index (κ2) is 3.05. The highest BCUT2D eigenvalue weighted by Gasteiger charge is 2.14. The first-order valence-electron chi connectivity index (χ1n) is 4.32.